The van der Waals surface area contributed by atoms with Gasteiger partial charge in [0, 0.05) is 0 Å². The monoisotopic (exact) mass is 127 g/mol. The van der Waals surface area contributed by atoms with Crippen molar-refractivity contribution in [3.05, 3.63) is 0 Å². The smallest absolute Gasteiger partial charge is 0.240 e. The molecule has 0 atom stereocenters. The molecule has 0 aliphatic rings. The molecule has 1 aromatic heterocycles. The third-order valence-corrected chi connectivity index (χ3v) is 1.01. The summed E-state index contributed by atoms with van der Waals surface area (Å²) in [6.45, 7) is 3.93. The van der Waals surface area contributed by atoms with E-state index in [9.17, 15) is 0 Å². The molecule has 0 aliphatic carbocycles. The van der Waals surface area contributed by atoms with Gasteiger partial charge in [-0.1, -0.05) is 5.10 Å². The van der Waals surface area contributed by atoms with E-state index in [-0.39, 0.29) is 6.04 Å². The van der Waals surface area contributed by atoms with Crippen LogP contribution >= 0.6 is 0 Å². The molecule has 0 fully saturated rings. The summed E-state index contributed by atoms with van der Waals surface area (Å²) in [6.07, 6.45) is 0. The fourth-order valence-corrected chi connectivity index (χ4v) is 0.568. The lowest BCUT2D eigenvalue weighted by molar-refractivity contribution is 0.521. The molecule has 0 amide bonds. The number of aromatic nitrogens is 4. The normalized spacial score (nSPS) is 10.6. The van der Waals surface area contributed by atoms with Crippen LogP contribution in [0, 0.1) is 0 Å². The van der Waals surface area contributed by atoms with Gasteiger partial charge in [-0.05, 0) is 24.3 Å². The Labute approximate surface area is 52.8 Å². The van der Waals surface area contributed by atoms with Gasteiger partial charge in [0.2, 0.25) is 5.95 Å². The molecule has 0 saturated carbocycles. The van der Waals surface area contributed by atoms with Gasteiger partial charge < -0.3 is 5.73 Å². The minimum Gasteiger partial charge on any atom is -0.367 e. The van der Waals surface area contributed by atoms with E-state index in [1.54, 1.807) is 4.68 Å². The Morgan fingerprint density at radius 3 is 2.44 bits per heavy atom. The van der Waals surface area contributed by atoms with Gasteiger partial charge in [0.1, 0.15) is 0 Å². The van der Waals surface area contributed by atoms with Gasteiger partial charge in [-0.25, -0.2) is 4.68 Å². The maximum absolute atomic E-state index is 5.37. The van der Waals surface area contributed by atoms with Gasteiger partial charge in [-0.3, -0.25) is 0 Å². The van der Waals surface area contributed by atoms with E-state index >= 15 is 0 Å². The summed E-state index contributed by atoms with van der Waals surface area (Å²) in [6, 6.07) is 0.236. The molecule has 0 aliphatic heterocycles. The third kappa shape index (κ3) is 0.984. The van der Waals surface area contributed by atoms with Crippen LogP contribution < -0.4 is 5.73 Å². The summed E-state index contributed by atoms with van der Waals surface area (Å²) in [7, 11) is 0. The van der Waals surface area contributed by atoms with Gasteiger partial charge in [-0.2, -0.15) is 0 Å². The SMILES string of the molecule is CC(C)n1nnnc1N. The van der Waals surface area contributed by atoms with Crippen molar-refractivity contribution in [1.29, 1.82) is 0 Å². The van der Waals surface area contributed by atoms with Gasteiger partial charge >= 0.3 is 0 Å². The molecule has 0 spiro atoms. The Morgan fingerprint density at radius 2 is 2.22 bits per heavy atom. The van der Waals surface area contributed by atoms with Gasteiger partial charge in [0.25, 0.3) is 0 Å². The van der Waals surface area contributed by atoms with Gasteiger partial charge in [0.05, 0.1) is 6.04 Å². The fourth-order valence-electron chi connectivity index (χ4n) is 0.568. The Morgan fingerprint density at radius 1 is 1.56 bits per heavy atom. The number of nitrogen functional groups attached to an aromatic ring is 1. The van der Waals surface area contributed by atoms with Crippen molar-refractivity contribution in [2.45, 2.75) is 19.9 Å². The van der Waals surface area contributed by atoms with Crippen LogP contribution in [0.25, 0.3) is 0 Å². The molecular weight excluding hydrogens is 118 g/mol. The third-order valence-electron chi connectivity index (χ3n) is 1.01. The summed E-state index contributed by atoms with van der Waals surface area (Å²) >= 11 is 0. The second kappa shape index (κ2) is 2.00. The standard InChI is InChI=1S/C4H9N5/c1-3(2)9-4(5)6-7-8-9/h3H,1-2H3,(H2,5,6,8). The molecule has 0 unspecified atom stereocenters. The molecule has 2 N–H and O–H groups in total. The number of hydrogen-bond donors (Lipinski definition) is 1. The van der Waals surface area contributed by atoms with Crippen LogP contribution in [0.5, 0.6) is 0 Å². The number of nitrogens with zero attached hydrogens (tertiary/aromatic N) is 4. The first kappa shape index (κ1) is 6.00. The molecule has 5 heteroatoms. The van der Waals surface area contributed by atoms with Gasteiger partial charge in [0.15, 0.2) is 0 Å². The van der Waals surface area contributed by atoms with E-state index in [4.69, 9.17) is 5.73 Å². The van der Waals surface area contributed by atoms with Crippen molar-refractivity contribution < 1.29 is 0 Å². The maximum atomic E-state index is 5.37. The van der Waals surface area contributed by atoms with Gasteiger partial charge in [-0.15, -0.1) is 0 Å². The minimum absolute atomic E-state index is 0.236. The largest absolute Gasteiger partial charge is 0.367 e. The highest BCUT2D eigenvalue weighted by Crippen LogP contribution is 2.03. The van der Waals surface area contributed by atoms with E-state index in [0.717, 1.165) is 0 Å². The van der Waals surface area contributed by atoms with Crippen molar-refractivity contribution in [3.8, 4) is 0 Å². The summed E-state index contributed by atoms with van der Waals surface area (Å²) < 4.78 is 1.56. The maximum Gasteiger partial charge on any atom is 0.240 e. The van der Waals surface area contributed by atoms with E-state index in [2.05, 4.69) is 15.5 Å². The zero-order valence-corrected chi connectivity index (χ0v) is 5.44. The first-order valence-electron chi connectivity index (χ1n) is 2.75. The zero-order chi connectivity index (χ0) is 6.85. The lowest BCUT2D eigenvalue weighted by Gasteiger charge is -2.02. The Hall–Kier alpha value is -1.13. The van der Waals surface area contributed by atoms with Crippen LogP contribution in [0.1, 0.15) is 19.9 Å². The number of rotatable bonds is 1. The first-order valence-corrected chi connectivity index (χ1v) is 2.75. The Balaban J connectivity index is 2.94. The van der Waals surface area contributed by atoms with Crippen LogP contribution in [0.15, 0.2) is 0 Å². The number of tetrazole rings is 1. The van der Waals surface area contributed by atoms with Crippen molar-refractivity contribution in [2.24, 2.45) is 0 Å². The van der Waals surface area contributed by atoms with Crippen LogP contribution in [0.4, 0.5) is 5.95 Å². The second-order valence-electron chi connectivity index (χ2n) is 2.08. The van der Waals surface area contributed by atoms with Crippen LogP contribution in [0.3, 0.4) is 0 Å². The van der Waals surface area contributed by atoms with Crippen molar-refractivity contribution in [1.82, 2.24) is 20.2 Å². The molecule has 1 heterocycles. The number of anilines is 1. The summed E-state index contributed by atoms with van der Waals surface area (Å²) in [5, 5.41) is 10.5. The Bertz CT molecular complexity index is 191. The highest BCUT2D eigenvalue weighted by atomic mass is 15.6. The topological polar surface area (TPSA) is 69.6 Å². The average Bonchev–Trinajstić information content (AvgIpc) is 2.13. The highest BCUT2D eigenvalue weighted by molar-refractivity contribution is 5.10. The first-order chi connectivity index (χ1) is 4.22. The second-order valence-corrected chi connectivity index (χ2v) is 2.08. The molecule has 1 rings (SSSR count). The molecule has 5 nitrogen and oxygen atoms in total. The summed E-state index contributed by atoms with van der Waals surface area (Å²) in [5.74, 6) is 0.366. The predicted octanol–water partition coefficient (Wildman–Crippen LogP) is -0.164. The molecule has 9 heavy (non-hydrogen) atoms. The van der Waals surface area contributed by atoms with Crippen LogP contribution in [-0.2, 0) is 0 Å². The minimum atomic E-state index is 0.236. The number of hydrogen-bond acceptors (Lipinski definition) is 4. The molecular formula is C4H9N5. The highest BCUT2D eigenvalue weighted by Gasteiger charge is 2.02. The number of nitrogens with two attached hydrogens (primary N) is 1. The molecule has 0 bridgehead atoms. The van der Waals surface area contributed by atoms with E-state index in [1.165, 1.54) is 0 Å². The molecule has 0 aromatic carbocycles. The lowest BCUT2D eigenvalue weighted by atomic mass is 10.4. The molecule has 1 aromatic rings. The van der Waals surface area contributed by atoms with E-state index in [0.29, 0.717) is 5.95 Å². The molecule has 0 radical (unpaired) electrons. The Kier molecular flexibility index (Phi) is 1.33. The van der Waals surface area contributed by atoms with Crippen molar-refractivity contribution in [3.63, 3.8) is 0 Å². The quantitative estimate of drug-likeness (QED) is 0.569. The summed E-state index contributed by atoms with van der Waals surface area (Å²) in [5.41, 5.74) is 5.37. The van der Waals surface area contributed by atoms with Crippen LogP contribution in [0.2, 0.25) is 0 Å². The molecule has 50 valence electrons. The van der Waals surface area contributed by atoms with E-state index in [1.807, 2.05) is 13.8 Å². The zero-order valence-electron chi connectivity index (χ0n) is 5.44. The van der Waals surface area contributed by atoms with Crippen LogP contribution in [-0.4, -0.2) is 20.2 Å². The van der Waals surface area contributed by atoms with Crippen molar-refractivity contribution >= 4 is 5.95 Å². The fraction of sp³-hybridized carbons (Fsp3) is 0.750. The predicted molar refractivity (Wildman–Crippen MR) is 32.6 cm³/mol. The van der Waals surface area contributed by atoms with Crippen molar-refractivity contribution in [2.75, 3.05) is 5.73 Å². The molecule has 0 saturated heterocycles. The average molecular weight is 127 g/mol. The lowest BCUT2D eigenvalue weighted by Crippen LogP contribution is -2.07. The summed E-state index contributed by atoms with van der Waals surface area (Å²) in [4.78, 5) is 0. The van der Waals surface area contributed by atoms with E-state index < -0.39 is 0 Å².